The minimum atomic E-state index is -0.883. The Balaban J connectivity index is 1.94. The van der Waals surface area contributed by atoms with E-state index in [2.05, 4.69) is 18.6 Å². The summed E-state index contributed by atoms with van der Waals surface area (Å²) in [6, 6.07) is 12.7. The van der Waals surface area contributed by atoms with Crippen LogP contribution in [0.1, 0.15) is 49.9 Å². The van der Waals surface area contributed by atoms with Crippen LogP contribution in [0.15, 0.2) is 65.8 Å². The van der Waals surface area contributed by atoms with Crippen molar-refractivity contribution in [3.63, 3.8) is 0 Å². The van der Waals surface area contributed by atoms with Crippen molar-refractivity contribution in [2.24, 2.45) is 0 Å². The second-order valence-corrected chi connectivity index (χ2v) is 11.1. The molecule has 0 atom stereocenters. The first-order valence-corrected chi connectivity index (χ1v) is 14.5. The molecular formula is C36H42FNO6. The summed E-state index contributed by atoms with van der Waals surface area (Å²) in [7, 11) is 0. The topological polar surface area (TPSA) is 85.3 Å². The number of nitrogens with zero attached hydrogens (tertiary/aromatic N) is 1. The van der Waals surface area contributed by atoms with Crippen LogP contribution in [-0.4, -0.2) is 43.7 Å². The van der Waals surface area contributed by atoms with Gasteiger partial charge in [-0.3, -0.25) is 4.90 Å². The maximum Gasteiger partial charge on any atom is 0.417 e. The number of rotatable bonds is 11. The molecule has 0 aliphatic carbocycles. The number of amides is 1. The van der Waals surface area contributed by atoms with Crippen molar-refractivity contribution in [3.05, 3.63) is 93.8 Å². The standard InChI is InChI=1S/C36H42FNO6/c1-22(2)15-17-38(36(41)44-21-43-33(40)20-39)30-12-9-28(10-13-30)34-24(5)26(7)35(27(8)25(34)6)29-11-14-32(31(37)19-29)42-18-16-23(3)4/h9-16,19,39H,17-18,20-21H2,1-8H3. The highest BCUT2D eigenvalue weighted by molar-refractivity contribution is 5.89. The Hall–Kier alpha value is -4.43. The van der Waals surface area contributed by atoms with Crippen molar-refractivity contribution in [1.82, 2.24) is 0 Å². The number of allylic oxidation sites excluding steroid dienone is 2. The van der Waals surface area contributed by atoms with E-state index in [-0.39, 0.29) is 12.3 Å². The summed E-state index contributed by atoms with van der Waals surface area (Å²) in [6.45, 7) is 15.2. The van der Waals surface area contributed by atoms with Crippen molar-refractivity contribution >= 4 is 17.7 Å². The van der Waals surface area contributed by atoms with Gasteiger partial charge in [-0.15, -0.1) is 0 Å². The Morgan fingerprint density at radius 1 is 0.795 bits per heavy atom. The van der Waals surface area contributed by atoms with Gasteiger partial charge in [0.1, 0.15) is 13.2 Å². The molecule has 0 unspecified atom stereocenters. The summed E-state index contributed by atoms with van der Waals surface area (Å²) in [5.41, 5.74) is 10.8. The number of hydrogen-bond acceptors (Lipinski definition) is 6. The number of aliphatic hydroxyl groups excluding tert-OH is 1. The van der Waals surface area contributed by atoms with Crippen molar-refractivity contribution in [3.8, 4) is 28.0 Å². The molecule has 0 saturated carbocycles. The quantitative estimate of drug-likeness (QED) is 0.135. The van der Waals surface area contributed by atoms with Gasteiger partial charge in [0.25, 0.3) is 0 Å². The van der Waals surface area contributed by atoms with E-state index in [0.717, 1.165) is 55.7 Å². The van der Waals surface area contributed by atoms with Crippen LogP contribution in [0.4, 0.5) is 14.9 Å². The molecule has 8 heteroatoms. The highest BCUT2D eigenvalue weighted by atomic mass is 19.1. The molecule has 3 aromatic rings. The molecule has 234 valence electrons. The number of carbonyl (C=O) groups excluding carboxylic acids is 2. The first-order valence-electron chi connectivity index (χ1n) is 14.5. The number of halogens is 1. The van der Waals surface area contributed by atoms with Crippen LogP contribution in [0.25, 0.3) is 22.3 Å². The molecule has 1 N–H and O–H groups in total. The Morgan fingerprint density at radius 2 is 1.34 bits per heavy atom. The molecule has 0 aromatic heterocycles. The van der Waals surface area contributed by atoms with E-state index >= 15 is 4.39 Å². The molecule has 3 aromatic carbocycles. The van der Waals surface area contributed by atoms with E-state index in [0.29, 0.717) is 12.3 Å². The summed E-state index contributed by atoms with van der Waals surface area (Å²) >= 11 is 0. The third kappa shape index (κ3) is 8.35. The van der Waals surface area contributed by atoms with Gasteiger partial charge in [-0.2, -0.15) is 0 Å². The van der Waals surface area contributed by atoms with Crippen molar-refractivity contribution < 1.29 is 33.3 Å². The molecule has 0 bridgehead atoms. The molecule has 0 heterocycles. The maximum atomic E-state index is 15.0. The van der Waals surface area contributed by atoms with Crippen LogP contribution in [0.5, 0.6) is 5.75 Å². The number of esters is 1. The average Bonchev–Trinajstić information content (AvgIpc) is 2.97. The highest BCUT2D eigenvalue weighted by Crippen LogP contribution is 2.40. The zero-order chi connectivity index (χ0) is 32.6. The number of anilines is 1. The van der Waals surface area contributed by atoms with E-state index in [1.807, 2.05) is 84.0 Å². The van der Waals surface area contributed by atoms with E-state index in [1.165, 1.54) is 11.0 Å². The predicted molar refractivity (Wildman–Crippen MR) is 172 cm³/mol. The molecule has 0 radical (unpaired) electrons. The molecular weight excluding hydrogens is 561 g/mol. The summed E-state index contributed by atoms with van der Waals surface area (Å²) in [5.74, 6) is -1.06. The van der Waals surface area contributed by atoms with Gasteiger partial charge in [0, 0.05) is 12.2 Å². The normalized spacial score (nSPS) is 10.6. The van der Waals surface area contributed by atoms with Gasteiger partial charge in [0.15, 0.2) is 11.6 Å². The van der Waals surface area contributed by atoms with E-state index in [1.54, 1.807) is 6.07 Å². The lowest BCUT2D eigenvalue weighted by atomic mass is 9.83. The average molecular weight is 604 g/mol. The first-order chi connectivity index (χ1) is 20.8. The molecule has 3 rings (SSSR count). The van der Waals surface area contributed by atoms with Gasteiger partial charge >= 0.3 is 12.1 Å². The lowest BCUT2D eigenvalue weighted by Gasteiger charge is -2.23. The van der Waals surface area contributed by atoms with Crippen LogP contribution in [-0.2, 0) is 14.3 Å². The molecule has 0 fully saturated rings. The monoisotopic (exact) mass is 603 g/mol. The second kappa shape index (κ2) is 15.3. The van der Waals surface area contributed by atoms with Crippen molar-refractivity contribution in [1.29, 1.82) is 0 Å². The number of carbonyl (C=O) groups is 2. The van der Waals surface area contributed by atoms with Gasteiger partial charge in [-0.1, -0.05) is 35.4 Å². The van der Waals surface area contributed by atoms with Crippen molar-refractivity contribution in [2.75, 3.05) is 31.5 Å². The zero-order valence-electron chi connectivity index (χ0n) is 26.8. The summed E-state index contributed by atoms with van der Waals surface area (Å²) in [4.78, 5) is 25.5. The number of aliphatic hydroxyl groups is 1. The zero-order valence-corrected chi connectivity index (χ0v) is 26.8. The molecule has 7 nitrogen and oxygen atoms in total. The van der Waals surface area contributed by atoms with Crippen LogP contribution in [0, 0.1) is 33.5 Å². The fraction of sp³-hybridized carbons (Fsp3) is 0.333. The maximum absolute atomic E-state index is 15.0. The van der Waals surface area contributed by atoms with Crippen LogP contribution >= 0.6 is 0 Å². The number of hydrogen-bond donors (Lipinski definition) is 1. The lowest BCUT2D eigenvalue weighted by Crippen LogP contribution is -2.32. The SMILES string of the molecule is CC(C)=CCOc1ccc(-c2c(C)c(C)c(-c3ccc(N(CC=C(C)C)C(=O)OCOC(=O)CO)cc3)c(C)c2C)cc1F. The summed E-state index contributed by atoms with van der Waals surface area (Å²) in [6.07, 6.45) is 3.11. The third-order valence-corrected chi connectivity index (χ3v) is 7.48. The fourth-order valence-electron chi connectivity index (χ4n) is 4.89. The Kier molecular flexibility index (Phi) is 11.9. The van der Waals surface area contributed by atoms with Crippen molar-refractivity contribution in [2.45, 2.75) is 55.4 Å². The molecule has 0 spiro atoms. The fourth-order valence-corrected chi connectivity index (χ4v) is 4.89. The molecule has 0 saturated heterocycles. The van der Waals surface area contributed by atoms with Crippen LogP contribution < -0.4 is 9.64 Å². The predicted octanol–water partition coefficient (Wildman–Crippen LogP) is 8.14. The van der Waals surface area contributed by atoms with Crippen LogP contribution in [0.2, 0.25) is 0 Å². The van der Waals surface area contributed by atoms with E-state index < -0.39 is 31.3 Å². The van der Waals surface area contributed by atoms with Gasteiger partial charge in [0.2, 0.25) is 6.79 Å². The largest absolute Gasteiger partial charge is 0.486 e. The molecule has 44 heavy (non-hydrogen) atoms. The van der Waals surface area contributed by atoms with E-state index in [9.17, 15) is 9.59 Å². The molecule has 0 aliphatic rings. The Morgan fingerprint density at radius 3 is 1.86 bits per heavy atom. The van der Waals surface area contributed by atoms with Gasteiger partial charge in [-0.25, -0.2) is 14.0 Å². The summed E-state index contributed by atoms with van der Waals surface area (Å²) in [5, 5.41) is 8.81. The molecule has 0 aliphatic heterocycles. The third-order valence-electron chi connectivity index (χ3n) is 7.48. The molecule has 1 amide bonds. The van der Waals surface area contributed by atoms with Gasteiger partial charge < -0.3 is 19.3 Å². The van der Waals surface area contributed by atoms with Crippen LogP contribution in [0.3, 0.4) is 0 Å². The summed E-state index contributed by atoms with van der Waals surface area (Å²) < 4.78 is 30.4. The first kappa shape index (κ1) is 34.1. The number of ether oxygens (including phenoxy) is 3. The second-order valence-electron chi connectivity index (χ2n) is 11.1. The minimum absolute atomic E-state index is 0.223. The Bertz CT molecular complexity index is 1540. The number of benzene rings is 3. The minimum Gasteiger partial charge on any atom is -0.486 e. The lowest BCUT2D eigenvalue weighted by molar-refractivity contribution is -0.154. The van der Waals surface area contributed by atoms with Gasteiger partial charge in [0.05, 0.1) is 0 Å². The highest BCUT2D eigenvalue weighted by Gasteiger charge is 2.21. The van der Waals surface area contributed by atoms with E-state index in [4.69, 9.17) is 14.6 Å². The smallest absolute Gasteiger partial charge is 0.417 e. The Labute approximate surface area is 259 Å². The van der Waals surface area contributed by atoms with Gasteiger partial charge in [-0.05, 0) is 130 Å².